The van der Waals surface area contributed by atoms with E-state index in [0.29, 0.717) is 0 Å². The summed E-state index contributed by atoms with van der Waals surface area (Å²) in [6, 6.07) is 0. The second-order valence-electron chi connectivity index (χ2n) is 2.85. The Hall–Kier alpha value is -0.610. The number of allylic oxidation sites excluding steroid dienone is 4. The molecule has 0 aromatic carbocycles. The first-order valence-electron chi connectivity index (χ1n) is 5.09. The van der Waals surface area contributed by atoms with Crippen molar-refractivity contribution in [1.29, 1.82) is 0 Å². The summed E-state index contributed by atoms with van der Waals surface area (Å²) >= 11 is 0. The van der Waals surface area contributed by atoms with Crippen LogP contribution in [0.2, 0.25) is 0 Å². The lowest BCUT2D eigenvalue weighted by Gasteiger charge is -1.95. The van der Waals surface area contributed by atoms with Crippen molar-refractivity contribution in [2.45, 2.75) is 53.4 Å². The van der Waals surface area contributed by atoms with Gasteiger partial charge in [0.25, 0.3) is 0 Å². The highest BCUT2D eigenvalue weighted by Gasteiger charge is 2.11. The molecule has 12 heavy (non-hydrogen) atoms. The van der Waals surface area contributed by atoms with Gasteiger partial charge in [-0.2, -0.15) is 0 Å². The molecule has 0 amide bonds. The van der Waals surface area contributed by atoms with Gasteiger partial charge in [-0.15, -0.1) is 0 Å². The molecule has 0 radical (unpaired) electrons. The molecule has 0 saturated heterocycles. The lowest BCUT2D eigenvalue weighted by Crippen LogP contribution is -1.87. The molecular formula is C12H21+. The van der Waals surface area contributed by atoms with E-state index >= 15 is 0 Å². The molecule has 0 spiro atoms. The summed E-state index contributed by atoms with van der Waals surface area (Å²) in [4.78, 5) is 0. The Labute approximate surface area is 77.4 Å². The molecule has 0 aliphatic rings. The van der Waals surface area contributed by atoms with Crippen molar-refractivity contribution in [3.05, 3.63) is 23.3 Å². The first-order chi connectivity index (χ1) is 5.79. The first-order valence-corrected chi connectivity index (χ1v) is 5.09. The lowest BCUT2D eigenvalue weighted by atomic mass is 9.99. The van der Waals surface area contributed by atoms with Crippen LogP contribution in [-0.4, -0.2) is 0 Å². The summed E-state index contributed by atoms with van der Waals surface area (Å²) in [7, 11) is 0. The van der Waals surface area contributed by atoms with E-state index in [1.165, 1.54) is 11.1 Å². The van der Waals surface area contributed by atoms with Crippen molar-refractivity contribution in [2.75, 3.05) is 0 Å². The average molecular weight is 165 g/mol. The molecule has 0 unspecified atom stereocenters. The summed E-state index contributed by atoms with van der Waals surface area (Å²) < 4.78 is 0. The molecule has 0 aromatic heterocycles. The van der Waals surface area contributed by atoms with Crippen LogP contribution in [0.1, 0.15) is 53.4 Å². The molecule has 0 aliphatic carbocycles. The van der Waals surface area contributed by atoms with Crippen LogP contribution < -0.4 is 0 Å². The maximum atomic E-state index is 3.42. The second kappa shape index (κ2) is 7.06. The van der Waals surface area contributed by atoms with Gasteiger partial charge >= 0.3 is 0 Å². The molecule has 0 fully saturated rings. The van der Waals surface area contributed by atoms with E-state index in [-0.39, 0.29) is 0 Å². The Morgan fingerprint density at radius 3 is 2.08 bits per heavy atom. The highest BCUT2D eigenvalue weighted by molar-refractivity contribution is 5.27. The standard InChI is InChI=1S/C12H21/c1-5-9-11(7-3)12(8-4)10-6-2/h9H,5-8H2,1-4H3/q+1. The van der Waals surface area contributed by atoms with Crippen molar-refractivity contribution in [1.82, 2.24) is 0 Å². The molecule has 0 heteroatoms. The molecule has 0 nitrogen and oxygen atoms in total. The fourth-order valence-corrected chi connectivity index (χ4v) is 1.41. The molecule has 0 saturated carbocycles. The number of hydrogen-bond donors (Lipinski definition) is 0. The van der Waals surface area contributed by atoms with E-state index in [1.807, 2.05) is 0 Å². The van der Waals surface area contributed by atoms with Gasteiger partial charge < -0.3 is 0 Å². The second-order valence-corrected chi connectivity index (χ2v) is 2.85. The third-order valence-electron chi connectivity index (χ3n) is 1.96. The monoisotopic (exact) mass is 165 g/mol. The Morgan fingerprint density at radius 2 is 1.75 bits per heavy atom. The van der Waals surface area contributed by atoms with E-state index in [1.54, 1.807) is 0 Å². The molecule has 0 aromatic rings. The zero-order valence-corrected chi connectivity index (χ0v) is 8.91. The maximum absolute atomic E-state index is 3.42. The molecule has 0 aliphatic heterocycles. The van der Waals surface area contributed by atoms with E-state index in [4.69, 9.17) is 0 Å². The fraction of sp³-hybridized carbons (Fsp3) is 0.667. The normalized spacial score (nSPS) is 13.0. The maximum Gasteiger partial charge on any atom is 0.169 e. The Bertz CT molecular complexity index is 141. The Kier molecular flexibility index (Phi) is 6.70. The summed E-state index contributed by atoms with van der Waals surface area (Å²) in [5.74, 6) is 0. The summed E-state index contributed by atoms with van der Waals surface area (Å²) in [6.45, 7) is 8.76. The summed E-state index contributed by atoms with van der Waals surface area (Å²) in [5, 5.41) is 0. The fourth-order valence-electron chi connectivity index (χ4n) is 1.41. The van der Waals surface area contributed by atoms with Crippen LogP contribution in [0.15, 0.2) is 17.2 Å². The van der Waals surface area contributed by atoms with Crippen LogP contribution in [0.4, 0.5) is 0 Å². The van der Waals surface area contributed by atoms with Gasteiger partial charge in [-0.1, -0.05) is 13.8 Å². The van der Waals surface area contributed by atoms with Gasteiger partial charge in [0.2, 0.25) is 0 Å². The van der Waals surface area contributed by atoms with Crippen LogP contribution in [0, 0.1) is 6.08 Å². The topological polar surface area (TPSA) is 0 Å². The van der Waals surface area contributed by atoms with Crippen molar-refractivity contribution < 1.29 is 0 Å². The molecule has 0 rings (SSSR count). The number of hydrogen-bond acceptors (Lipinski definition) is 0. The minimum atomic E-state index is 1.03. The molecule has 0 bridgehead atoms. The molecule has 68 valence electrons. The zero-order valence-electron chi connectivity index (χ0n) is 8.91. The van der Waals surface area contributed by atoms with Crippen molar-refractivity contribution in [2.24, 2.45) is 0 Å². The summed E-state index contributed by atoms with van der Waals surface area (Å²) in [6.07, 6.45) is 10.2. The van der Waals surface area contributed by atoms with Gasteiger partial charge in [0.1, 0.15) is 0 Å². The van der Waals surface area contributed by atoms with Crippen LogP contribution in [0.5, 0.6) is 0 Å². The summed E-state index contributed by atoms with van der Waals surface area (Å²) in [5.41, 5.74) is 2.91. The first kappa shape index (κ1) is 11.4. The van der Waals surface area contributed by atoms with E-state index < -0.39 is 0 Å². The van der Waals surface area contributed by atoms with Gasteiger partial charge in [0.05, 0.1) is 18.1 Å². The minimum absolute atomic E-state index is 1.03. The van der Waals surface area contributed by atoms with Gasteiger partial charge in [0, 0.05) is 18.9 Å². The molecular weight excluding hydrogens is 144 g/mol. The average Bonchev–Trinajstić information content (AvgIpc) is 2.11. The quantitative estimate of drug-likeness (QED) is 0.421. The Balaban J connectivity index is 4.44. The van der Waals surface area contributed by atoms with Crippen molar-refractivity contribution in [3.8, 4) is 0 Å². The smallest absolute Gasteiger partial charge is 0.0601 e. The zero-order chi connectivity index (χ0) is 9.40. The van der Waals surface area contributed by atoms with Gasteiger partial charge in [-0.05, 0) is 20.3 Å². The predicted molar refractivity (Wildman–Crippen MR) is 56.0 cm³/mol. The van der Waals surface area contributed by atoms with Gasteiger partial charge in [-0.25, -0.2) is 0 Å². The van der Waals surface area contributed by atoms with Crippen molar-refractivity contribution in [3.63, 3.8) is 0 Å². The van der Waals surface area contributed by atoms with E-state index in [2.05, 4.69) is 39.8 Å². The van der Waals surface area contributed by atoms with Crippen molar-refractivity contribution >= 4 is 0 Å². The Morgan fingerprint density at radius 1 is 1.08 bits per heavy atom. The highest BCUT2D eigenvalue weighted by atomic mass is 14.0. The highest BCUT2D eigenvalue weighted by Crippen LogP contribution is 2.17. The van der Waals surface area contributed by atoms with Gasteiger partial charge in [-0.3, -0.25) is 0 Å². The predicted octanol–water partition coefficient (Wildman–Crippen LogP) is 4.28. The third-order valence-corrected chi connectivity index (χ3v) is 1.96. The van der Waals surface area contributed by atoms with E-state index in [0.717, 1.165) is 25.7 Å². The minimum Gasteiger partial charge on any atom is -0.0601 e. The van der Waals surface area contributed by atoms with Crippen LogP contribution >= 0.6 is 0 Å². The van der Waals surface area contributed by atoms with Crippen LogP contribution in [-0.2, 0) is 0 Å². The lowest BCUT2D eigenvalue weighted by molar-refractivity contribution is 0.973. The largest absolute Gasteiger partial charge is 0.169 e. The van der Waals surface area contributed by atoms with Crippen LogP contribution in [0.3, 0.4) is 0 Å². The molecule has 0 N–H and O–H groups in total. The molecule has 0 heterocycles. The third kappa shape index (κ3) is 3.69. The van der Waals surface area contributed by atoms with E-state index in [9.17, 15) is 0 Å². The number of rotatable bonds is 5. The SMILES string of the molecule is CC[C+]=C(CC)C(=CCC)CC. The van der Waals surface area contributed by atoms with Gasteiger partial charge in [0.15, 0.2) is 5.57 Å². The molecule has 0 atom stereocenters. The van der Waals surface area contributed by atoms with Crippen LogP contribution in [0.25, 0.3) is 0 Å².